The highest BCUT2D eigenvalue weighted by molar-refractivity contribution is 6.32. The van der Waals surface area contributed by atoms with Crippen LogP contribution in [0.5, 0.6) is 11.5 Å². The number of halogens is 1. The molecule has 1 amide bonds. The van der Waals surface area contributed by atoms with Crippen LogP contribution in [0.1, 0.15) is 35.5 Å². The van der Waals surface area contributed by atoms with Crippen molar-refractivity contribution in [1.29, 1.82) is 0 Å². The molecule has 178 valence electrons. The lowest BCUT2D eigenvalue weighted by molar-refractivity contribution is -0.144. The summed E-state index contributed by atoms with van der Waals surface area (Å²) in [5, 5.41) is 7.94. The van der Waals surface area contributed by atoms with Gasteiger partial charge in [0.2, 0.25) is 0 Å². The van der Waals surface area contributed by atoms with Crippen molar-refractivity contribution in [2.24, 2.45) is 5.92 Å². The van der Waals surface area contributed by atoms with Crippen LogP contribution < -0.4 is 14.8 Å². The Morgan fingerprint density at radius 1 is 1.09 bits per heavy atom. The number of amides is 1. The average molecular weight is 484 g/mol. The molecule has 1 atom stereocenters. The van der Waals surface area contributed by atoms with E-state index in [1.165, 1.54) is 7.11 Å². The zero-order valence-electron chi connectivity index (χ0n) is 19.6. The number of aromatic nitrogens is 2. The summed E-state index contributed by atoms with van der Waals surface area (Å²) < 4.78 is 17.5. The largest absolute Gasteiger partial charge is 0.493 e. The summed E-state index contributed by atoms with van der Waals surface area (Å²) >= 11 is 6.50. The number of para-hydroxylation sites is 1. The van der Waals surface area contributed by atoms with E-state index in [0.717, 1.165) is 22.4 Å². The Hall–Kier alpha value is -3.52. The third kappa shape index (κ3) is 3.98. The van der Waals surface area contributed by atoms with E-state index in [1.54, 1.807) is 25.0 Å². The molecule has 1 aliphatic carbocycles. The molecule has 2 aromatic carbocycles. The molecule has 0 bridgehead atoms. The molecule has 1 N–H and O–H groups in total. The molecule has 1 unspecified atom stereocenters. The monoisotopic (exact) mass is 483 g/mol. The number of carbonyl (C=O) groups is 2. The van der Waals surface area contributed by atoms with E-state index in [1.807, 2.05) is 44.2 Å². The summed E-state index contributed by atoms with van der Waals surface area (Å²) in [4.78, 5) is 25.6. The van der Waals surface area contributed by atoms with E-state index < -0.39 is 17.9 Å². The van der Waals surface area contributed by atoms with Gasteiger partial charge >= 0.3 is 5.97 Å². The van der Waals surface area contributed by atoms with Gasteiger partial charge in [-0.3, -0.25) is 4.79 Å². The first-order valence-corrected chi connectivity index (χ1v) is 11.2. The minimum Gasteiger partial charge on any atom is -0.493 e. The van der Waals surface area contributed by atoms with Crippen LogP contribution in [0.15, 0.2) is 36.4 Å². The Balaban J connectivity index is 1.88. The van der Waals surface area contributed by atoms with Crippen LogP contribution in [0.4, 0.5) is 0 Å². The molecule has 0 aliphatic heterocycles. The molecule has 4 rings (SSSR count). The average Bonchev–Trinajstić information content (AvgIpc) is 3.38. The predicted octanol–water partition coefficient (Wildman–Crippen LogP) is 4.04. The van der Waals surface area contributed by atoms with Gasteiger partial charge in [0.1, 0.15) is 6.04 Å². The molecule has 0 radical (unpaired) electrons. The smallest absolute Gasteiger partial charge is 0.328 e. The van der Waals surface area contributed by atoms with Crippen molar-refractivity contribution in [3.05, 3.63) is 58.2 Å². The van der Waals surface area contributed by atoms with Gasteiger partial charge in [0.15, 0.2) is 17.2 Å². The molecule has 0 saturated carbocycles. The van der Waals surface area contributed by atoms with Gasteiger partial charge in [-0.1, -0.05) is 37.6 Å². The van der Waals surface area contributed by atoms with Crippen LogP contribution in [0.3, 0.4) is 0 Å². The van der Waals surface area contributed by atoms with Gasteiger partial charge < -0.3 is 19.5 Å². The van der Waals surface area contributed by atoms with E-state index in [4.69, 9.17) is 25.8 Å². The number of benzene rings is 2. The van der Waals surface area contributed by atoms with Gasteiger partial charge in [-0.2, -0.15) is 5.10 Å². The molecule has 9 heteroatoms. The van der Waals surface area contributed by atoms with Crippen LogP contribution in [-0.2, 0) is 16.0 Å². The van der Waals surface area contributed by atoms with Gasteiger partial charge in [-0.15, -0.1) is 0 Å². The first-order chi connectivity index (χ1) is 16.3. The lowest BCUT2D eigenvalue weighted by atomic mass is 10.0. The van der Waals surface area contributed by atoms with Crippen LogP contribution >= 0.6 is 11.6 Å². The fraction of sp³-hybridized carbons (Fsp3) is 0.320. The molecule has 3 aromatic rings. The molecular formula is C25H26ClN3O5. The fourth-order valence-electron chi connectivity index (χ4n) is 4.19. The third-order valence-corrected chi connectivity index (χ3v) is 6.24. The summed E-state index contributed by atoms with van der Waals surface area (Å²) in [6, 6.07) is 10.3. The number of esters is 1. The lowest BCUT2D eigenvalue weighted by Gasteiger charge is -2.19. The van der Waals surface area contributed by atoms with E-state index >= 15 is 0 Å². The number of ether oxygens (including phenoxy) is 3. The van der Waals surface area contributed by atoms with E-state index in [0.29, 0.717) is 28.6 Å². The Labute approximate surface area is 202 Å². The normalized spacial score (nSPS) is 12.7. The highest BCUT2D eigenvalue weighted by Gasteiger charge is 2.34. The Kier molecular flexibility index (Phi) is 6.52. The minimum atomic E-state index is -0.803. The van der Waals surface area contributed by atoms with E-state index in [9.17, 15) is 9.59 Å². The number of hydrogen-bond acceptors (Lipinski definition) is 6. The SMILES string of the molecule is COC(=O)C(NC(=O)c1nn(-c2ccccc2Cl)c2c1Cc1cc(OC)c(OC)cc1-2)C(C)C. The number of nitrogens with zero attached hydrogens (tertiary/aromatic N) is 2. The van der Waals surface area contributed by atoms with Crippen LogP contribution in [0.2, 0.25) is 5.02 Å². The van der Waals surface area contributed by atoms with Crippen molar-refractivity contribution < 1.29 is 23.8 Å². The zero-order valence-corrected chi connectivity index (χ0v) is 20.4. The molecular weight excluding hydrogens is 458 g/mol. The third-order valence-electron chi connectivity index (χ3n) is 5.92. The van der Waals surface area contributed by atoms with E-state index in [2.05, 4.69) is 10.4 Å². The maximum atomic E-state index is 13.4. The first-order valence-electron chi connectivity index (χ1n) is 10.8. The summed E-state index contributed by atoms with van der Waals surface area (Å²) in [7, 11) is 4.45. The van der Waals surface area contributed by atoms with Crippen molar-refractivity contribution in [3.63, 3.8) is 0 Å². The van der Waals surface area contributed by atoms with Gasteiger partial charge in [-0.05, 0) is 35.7 Å². The van der Waals surface area contributed by atoms with Crippen LogP contribution in [0, 0.1) is 5.92 Å². The highest BCUT2D eigenvalue weighted by atomic mass is 35.5. The van der Waals surface area contributed by atoms with Gasteiger partial charge in [0.25, 0.3) is 5.91 Å². The first kappa shape index (κ1) is 23.6. The second kappa shape index (κ2) is 9.38. The molecule has 8 nitrogen and oxygen atoms in total. The Morgan fingerprint density at radius 3 is 2.38 bits per heavy atom. The second-order valence-corrected chi connectivity index (χ2v) is 8.71. The summed E-state index contributed by atoms with van der Waals surface area (Å²) in [6.07, 6.45) is 0.461. The van der Waals surface area contributed by atoms with Crippen molar-refractivity contribution in [3.8, 4) is 28.4 Å². The maximum absolute atomic E-state index is 13.4. The number of fused-ring (bicyclic) bond motifs is 3. The van der Waals surface area contributed by atoms with Gasteiger partial charge in [0.05, 0.1) is 37.7 Å². The molecule has 1 aromatic heterocycles. The standard InChI is InChI=1S/C25H26ClN3O5/c1-13(2)21(25(31)34-5)27-24(30)22-16-10-14-11-19(32-3)20(33-4)12-15(14)23(16)29(28-22)18-9-7-6-8-17(18)26/h6-9,11-13,21H,10H2,1-5H3,(H,27,30). The van der Waals surface area contributed by atoms with E-state index in [-0.39, 0.29) is 11.6 Å². The molecule has 1 heterocycles. The van der Waals surface area contributed by atoms with Crippen molar-refractivity contribution in [2.45, 2.75) is 26.3 Å². The maximum Gasteiger partial charge on any atom is 0.328 e. The van der Waals surface area contributed by atoms with Gasteiger partial charge in [0, 0.05) is 17.5 Å². The zero-order chi connectivity index (χ0) is 24.6. The molecule has 0 fully saturated rings. The second-order valence-electron chi connectivity index (χ2n) is 8.30. The molecule has 1 aliphatic rings. The van der Waals surface area contributed by atoms with Crippen LogP contribution in [-0.4, -0.2) is 49.0 Å². The lowest BCUT2D eigenvalue weighted by Crippen LogP contribution is -2.45. The summed E-state index contributed by atoms with van der Waals surface area (Å²) in [6.45, 7) is 3.67. The highest BCUT2D eigenvalue weighted by Crippen LogP contribution is 2.45. The number of hydrogen-bond donors (Lipinski definition) is 1. The quantitative estimate of drug-likeness (QED) is 0.399. The number of rotatable bonds is 7. The number of carbonyl (C=O) groups excluding carboxylic acids is 2. The topological polar surface area (TPSA) is 91.7 Å². The fourth-order valence-corrected chi connectivity index (χ4v) is 4.40. The predicted molar refractivity (Wildman–Crippen MR) is 128 cm³/mol. The van der Waals surface area contributed by atoms with Crippen molar-refractivity contribution in [2.75, 3.05) is 21.3 Å². The number of methoxy groups -OCH3 is 3. The molecule has 34 heavy (non-hydrogen) atoms. The molecule has 0 saturated heterocycles. The number of nitrogens with one attached hydrogen (secondary N) is 1. The minimum absolute atomic E-state index is 0.166. The van der Waals surface area contributed by atoms with Crippen molar-refractivity contribution >= 4 is 23.5 Å². The van der Waals surface area contributed by atoms with Gasteiger partial charge in [-0.25, -0.2) is 9.48 Å². The Morgan fingerprint density at radius 2 is 1.76 bits per heavy atom. The summed E-state index contributed by atoms with van der Waals surface area (Å²) in [5.41, 5.74) is 4.17. The van der Waals surface area contributed by atoms with Crippen molar-refractivity contribution in [1.82, 2.24) is 15.1 Å². The van der Waals surface area contributed by atoms with Crippen LogP contribution in [0.25, 0.3) is 16.9 Å². The summed E-state index contributed by atoms with van der Waals surface area (Å²) in [5.74, 6) is 0.0276. The molecule has 0 spiro atoms. The Bertz CT molecular complexity index is 1270.